The zero-order valence-electron chi connectivity index (χ0n) is 24.9. The van der Waals surface area contributed by atoms with Gasteiger partial charge in [-0.1, -0.05) is 48.5 Å². The van der Waals surface area contributed by atoms with Gasteiger partial charge in [-0.15, -0.1) is 0 Å². The third-order valence-electron chi connectivity index (χ3n) is 8.83. The zero-order valence-corrected chi connectivity index (χ0v) is 25.7. The minimum Gasteiger partial charge on any atom is -0.352 e. The molecular weight excluding hydrogens is 593 g/mol. The number of rotatable bonds is 8. The van der Waals surface area contributed by atoms with Crippen LogP contribution in [0.25, 0.3) is 11.0 Å². The maximum absolute atomic E-state index is 14.2. The van der Waals surface area contributed by atoms with Gasteiger partial charge < -0.3 is 10.6 Å². The number of thioether (sulfide) groups is 1. The highest BCUT2D eigenvalue weighted by atomic mass is 32.2. The summed E-state index contributed by atoms with van der Waals surface area (Å²) in [5, 5.41) is 6.12. The Balaban J connectivity index is 1.19. The highest BCUT2D eigenvalue weighted by Gasteiger charge is 2.31. The molecule has 1 saturated carbocycles. The molecule has 0 spiro atoms. The number of carbonyl (C=O) groups is 2. The van der Waals surface area contributed by atoms with Gasteiger partial charge in [-0.2, -0.15) is 11.8 Å². The molecule has 1 atom stereocenters. The van der Waals surface area contributed by atoms with Crippen molar-refractivity contribution in [2.24, 2.45) is 0 Å². The Morgan fingerprint density at radius 3 is 2.22 bits per heavy atom. The van der Waals surface area contributed by atoms with E-state index >= 15 is 0 Å². The van der Waals surface area contributed by atoms with Crippen molar-refractivity contribution >= 4 is 34.6 Å². The van der Waals surface area contributed by atoms with Gasteiger partial charge in [-0.25, -0.2) is 14.2 Å². The van der Waals surface area contributed by atoms with Crippen molar-refractivity contribution in [3.8, 4) is 0 Å². The maximum atomic E-state index is 14.2. The summed E-state index contributed by atoms with van der Waals surface area (Å²) in [7, 11) is 0. The summed E-state index contributed by atoms with van der Waals surface area (Å²) in [6, 6.07) is 18.0. The Morgan fingerprint density at radius 1 is 0.889 bits per heavy atom. The van der Waals surface area contributed by atoms with Crippen LogP contribution < -0.4 is 21.9 Å². The molecule has 9 nitrogen and oxygen atoms in total. The molecule has 1 saturated heterocycles. The van der Waals surface area contributed by atoms with Gasteiger partial charge in [0.15, 0.2) is 0 Å². The molecule has 0 radical (unpaired) electrons. The summed E-state index contributed by atoms with van der Waals surface area (Å²) in [5.74, 6) is 0.575. The predicted molar refractivity (Wildman–Crippen MR) is 173 cm³/mol. The van der Waals surface area contributed by atoms with Crippen molar-refractivity contribution in [1.82, 2.24) is 24.8 Å². The summed E-state index contributed by atoms with van der Waals surface area (Å²) in [6.45, 7) is 0. The van der Waals surface area contributed by atoms with Crippen molar-refractivity contribution in [1.29, 1.82) is 0 Å². The molecule has 234 valence electrons. The van der Waals surface area contributed by atoms with Crippen molar-refractivity contribution in [2.45, 2.75) is 69.1 Å². The number of nitrogens with one attached hydrogen (secondary N) is 2. The monoisotopic (exact) mass is 629 g/mol. The lowest BCUT2D eigenvalue weighted by Crippen LogP contribution is -2.52. The first kappa shape index (κ1) is 30.8. The number of carbonyl (C=O) groups excluding carboxylic acids is 2. The minimum absolute atomic E-state index is 0.102. The number of benzene rings is 2. The van der Waals surface area contributed by atoms with Crippen molar-refractivity contribution in [3.63, 3.8) is 0 Å². The van der Waals surface area contributed by atoms with Crippen LogP contribution in [0.15, 0.2) is 82.5 Å². The van der Waals surface area contributed by atoms with Gasteiger partial charge in [0.05, 0.1) is 11.6 Å². The van der Waals surface area contributed by atoms with Crippen LogP contribution in [0.1, 0.15) is 66.5 Å². The number of halogens is 1. The number of aromatic nitrogens is 3. The molecule has 11 heteroatoms. The second-order valence-corrected chi connectivity index (χ2v) is 13.0. The molecule has 1 aliphatic heterocycles. The number of fused-ring (bicyclic) bond motifs is 1. The van der Waals surface area contributed by atoms with E-state index in [0.717, 1.165) is 36.1 Å². The van der Waals surface area contributed by atoms with Crippen LogP contribution in [0.5, 0.6) is 0 Å². The highest BCUT2D eigenvalue weighted by molar-refractivity contribution is 7.99. The Kier molecular flexibility index (Phi) is 9.44. The molecule has 0 unspecified atom stereocenters. The van der Waals surface area contributed by atoms with Crippen LogP contribution in [-0.2, 0) is 11.2 Å². The van der Waals surface area contributed by atoms with E-state index in [1.54, 1.807) is 28.8 Å². The molecule has 45 heavy (non-hydrogen) atoms. The van der Waals surface area contributed by atoms with Crippen LogP contribution in [0.4, 0.5) is 4.39 Å². The Bertz CT molecular complexity index is 1780. The van der Waals surface area contributed by atoms with Gasteiger partial charge in [0, 0.05) is 30.1 Å². The first-order chi connectivity index (χ1) is 21.9. The summed E-state index contributed by atoms with van der Waals surface area (Å²) in [6.07, 6.45) is 5.03. The van der Waals surface area contributed by atoms with E-state index in [2.05, 4.69) is 15.6 Å². The van der Waals surface area contributed by atoms with Gasteiger partial charge in [-0.05, 0) is 73.8 Å². The fourth-order valence-electron chi connectivity index (χ4n) is 6.47. The van der Waals surface area contributed by atoms with Gasteiger partial charge >= 0.3 is 5.69 Å². The molecule has 0 bridgehead atoms. The summed E-state index contributed by atoms with van der Waals surface area (Å²) >= 11 is 1.83. The average Bonchev–Trinajstić information content (AvgIpc) is 3.07. The first-order valence-electron chi connectivity index (χ1n) is 15.5. The lowest BCUT2D eigenvalue weighted by atomic mass is 9.90. The molecule has 2 N–H and O–H groups in total. The molecule has 2 amide bonds. The summed E-state index contributed by atoms with van der Waals surface area (Å²) < 4.78 is 17.1. The number of amides is 2. The van der Waals surface area contributed by atoms with E-state index in [4.69, 9.17) is 0 Å². The molecule has 2 aromatic carbocycles. The maximum Gasteiger partial charge on any atom is 0.333 e. The molecule has 1 aliphatic carbocycles. The standard InChI is InChI=1S/C34H36FN5O4S/c35-24-20-28-30(36-21-24)39(27-15-17-45-18-16-27)34(44)40(33(28)43)26-13-11-25(12-14-26)37-32(42)29(19-22-7-3-1-4-8-22)38-31(41)23-9-5-2-6-10-23/h1-10,20-21,25-27,29H,11-19H2,(H,37,42)(H,38,41)/t25-,26+,29-/m0/s1. The number of pyridine rings is 1. The lowest BCUT2D eigenvalue weighted by molar-refractivity contribution is -0.123. The Morgan fingerprint density at radius 2 is 1.53 bits per heavy atom. The molecule has 6 rings (SSSR count). The van der Waals surface area contributed by atoms with Crippen LogP contribution >= 0.6 is 11.8 Å². The van der Waals surface area contributed by atoms with Gasteiger partial charge in [0.2, 0.25) is 5.91 Å². The summed E-state index contributed by atoms with van der Waals surface area (Å²) in [5.41, 5.74) is 0.703. The van der Waals surface area contributed by atoms with Crippen molar-refractivity contribution in [3.05, 3.63) is 111 Å². The molecule has 4 aromatic rings. The van der Waals surface area contributed by atoms with Crippen LogP contribution in [0.2, 0.25) is 0 Å². The van der Waals surface area contributed by atoms with E-state index in [-0.39, 0.29) is 41.0 Å². The van der Waals surface area contributed by atoms with Gasteiger partial charge in [0.25, 0.3) is 11.5 Å². The van der Waals surface area contributed by atoms with Crippen LogP contribution in [0.3, 0.4) is 0 Å². The van der Waals surface area contributed by atoms with E-state index in [1.807, 2.05) is 48.2 Å². The molecular formula is C34H36FN5O4S. The second-order valence-electron chi connectivity index (χ2n) is 11.8. The number of nitrogens with zero attached hydrogens (tertiary/aromatic N) is 3. The van der Waals surface area contributed by atoms with E-state index in [1.165, 1.54) is 10.6 Å². The topological polar surface area (TPSA) is 115 Å². The zero-order chi connectivity index (χ0) is 31.3. The smallest absolute Gasteiger partial charge is 0.333 e. The molecule has 2 aliphatic rings. The predicted octanol–water partition coefficient (Wildman–Crippen LogP) is 4.41. The lowest BCUT2D eigenvalue weighted by Gasteiger charge is -2.32. The van der Waals surface area contributed by atoms with Crippen LogP contribution in [-0.4, -0.2) is 49.5 Å². The minimum atomic E-state index is -0.788. The number of hydrogen-bond acceptors (Lipinski definition) is 6. The fraction of sp³-hybridized carbons (Fsp3) is 0.382. The van der Waals surface area contributed by atoms with Gasteiger partial charge in [-0.3, -0.25) is 23.5 Å². The van der Waals surface area contributed by atoms with Crippen molar-refractivity contribution in [2.75, 3.05) is 11.5 Å². The Hall–Kier alpha value is -4.25. The van der Waals surface area contributed by atoms with E-state index in [0.29, 0.717) is 37.7 Å². The third-order valence-corrected chi connectivity index (χ3v) is 9.88. The quantitative estimate of drug-likeness (QED) is 0.299. The van der Waals surface area contributed by atoms with Gasteiger partial charge in [0.1, 0.15) is 17.5 Å². The molecule has 3 heterocycles. The van der Waals surface area contributed by atoms with Crippen molar-refractivity contribution < 1.29 is 14.0 Å². The SMILES string of the molecule is O=C(N[C@@H](Cc1ccccc1)C(=O)N[C@H]1CC[C@@H](n2c(=O)c3cc(F)cnc3n(C3CCSCC3)c2=O)CC1)c1ccccc1. The summed E-state index contributed by atoms with van der Waals surface area (Å²) in [4.78, 5) is 58.2. The highest BCUT2D eigenvalue weighted by Crippen LogP contribution is 2.30. The van der Waals surface area contributed by atoms with Crippen LogP contribution in [0, 0.1) is 5.82 Å². The first-order valence-corrected chi connectivity index (χ1v) is 16.6. The number of hydrogen-bond donors (Lipinski definition) is 2. The normalized spacial score (nSPS) is 19.6. The molecule has 2 fully saturated rings. The Labute approximate surface area is 264 Å². The fourth-order valence-corrected chi connectivity index (χ4v) is 7.55. The van der Waals surface area contributed by atoms with E-state index < -0.39 is 23.1 Å². The average molecular weight is 630 g/mol. The second kappa shape index (κ2) is 13.8. The largest absolute Gasteiger partial charge is 0.352 e. The molecule has 2 aromatic heterocycles. The van der Waals surface area contributed by atoms with E-state index in [9.17, 15) is 23.6 Å². The third kappa shape index (κ3) is 6.88.